The minimum atomic E-state index is 0.767. The monoisotopic (exact) mass is 242 g/mol. The van der Waals surface area contributed by atoms with Gasteiger partial charge in [0.1, 0.15) is 0 Å². The number of nitrogens with zero attached hydrogens (tertiary/aromatic N) is 1. The van der Waals surface area contributed by atoms with Gasteiger partial charge in [-0.1, -0.05) is 25.1 Å². The average Bonchev–Trinajstić information content (AvgIpc) is 3.04. The fraction of sp³-hybridized carbons (Fsp3) is 0.917. The first kappa shape index (κ1) is 12.2. The van der Waals surface area contributed by atoms with E-state index in [4.69, 9.17) is 4.74 Å². The summed E-state index contributed by atoms with van der Waals surface area (Å²) in [6, 6.07) is 0. The lowest BCUT2D eigenvalue weighted by Gasteiger charge is -2.08. The Labute approximate surface area is 102 Å². The second-order valence-corrected chi connectivity index (χ2v) is 5.76. The van der Waals surface area contributed by atoms with Crippen LogP contribution in [0.5, 0.6) is 0 Å². The number of rotatable bonds is 7. The summed E-state index contributed by atoms with van der Waals surface area (Å²) in [5, 5.41) is 5.26. The smallest absolute Gasteiger partial charge is 0.157 e. The Morgan fingerprint density at radius 3 is 3.06 bits per heavy atom. The maximum Gasteiger partial charge on any atom is 0.157 e. The van der Waals surface area contributed by atoms with E-state index in [1.807, 2.05) is 11.8 Å². The van der Waals surface area contributed by atoms with Crippen LogP contribution < -0.4 is 5.32 Å². The number of hydrogen-bond donors (Lipinski definition) is 1. The highest BCUT2D eigenvalue weighted by molar-refractivity contribution is 8.14. The molecule has 0 bridgehead atoms. The van der Waals surface area contributed by atoms with Gasteiger partial charge in [0, 0.05) is 18.4 Å². The van der Waals surface area contributed by atoms with Crippen molar-refractivity contribution in [1.29, 1.82) is 0 Å². The highest BCUT2D eigenvalue weighted by Gasteiger charge is 2.35. The van der Waals surface area contributed by atoms with Gasteiger partial charge in [0.25, 0.3) is 0 Å². The van der Waals surface area contributed by atoms with Gasteiger partial charge in [0.05, 0.1) is 13.2 Å². The molecular formula is C12H22N2OS. The molecule has 1 saturated carbocycles. The third-order valence-corrected chi connectivity index (χ3v) is 4.32. The van der Waals surface area contributed by atoms with Gasteiger partial charge in [-0.15, -0.1) is 0 Å². The molecule has 0 spiro atoms. The molecule has 92 valence electrons. The topological polar surface area (TPSA) is 33.6 Å². The lowest BCUT2D eigenvalue weighted by atomic mass is 10.3. The van der Waals surface area contributed by atoms with Crippen molar-refractivity contribution in [3.63, 3.8) is 0 Å². The fourth-order valence-electron chi connectivity index (χ4n) is 1.78. The predicted octanol–water partition coefficient (Wildman–Crippen LogP) is 2.27. The van der Waals surface area contributed by atoms with Gasteiger partial charge >= 0.3 is 0 Å². The van der Waals surface area contributed by atoms with Crippen molar-refractivity contribution < 1.29 is 4.74 Å². The Balaban J connectivity index is 1.47. The number of amidine groups is 1. The first-order chi connectivity index (χ1) is 7.90. The van der Waals surface area contributed by atoms with Crippen LogP contribution in [0, 0.1) is 5.92 Å². The third kappa shape index (κ3) is 3.98. The predicted molar refractivity (Wildman–Crippen MR) is 70.1 cm³/mol. The molecule has 0 amide bonds. The Kier molecular flexibility index (Phi) is 4.97. The largest absolute Gasteiger partial charge is 0.380 e. The third-order valence-electron chi connectivity index (χ3n) is 2.99. The molecular weight excluding hydrogens is 220 g/mol. The zero-order chi connectivity index (χ0) is 11.2. The normalized spacial score (nSPS) is 24.6. The summed E-state index contributed by atoms with van der Waals surface area (Å²) in [5.74, 6) is 0.953. The summed E-state index contributed by atoms with van der Waals surface area (Å²) in [7, 11) is 0. The first-order valence-corrected chi connectivity index (χ1v) is 7.31. The number of unbranched alkanes of at least 4 members (excludes halogenated alkanes) is 1. The molecule has 1 atom stereocenters. The second kappa shape index (κ2) is 6.50. The molecule has 4 heteroatoms. The van der Waals surface area contributed by atoms with Gasteiger partial charge in [0.15, 0.2) is 5.17 Å². The molecule has 16 heavy (non-hydrogen) atoms. The van der Waals surface area contributed by atoms with E-state index in [9.17, 15) is 0 Å². The van der Waals surface area contributed by atoms with E-state index in [0.29, 0.717) is 0 Å². The van der Waals surface area contributed by atoms with Crippen molar-refractivity contribution >= 4 is 16.9 Å². The lowest BCUT2D eigenvalue weighted by molar-refractivity contribution is 0.136. The molecule has 1 N–H and O–H groups in total. The first-order valence-electron chi connectivity index (χ1n) is 6.43. The van der Waals surface area contributed by atoms with Crippen molar-refractivity contribution in [1.82, 2.24) is 5.32 Å². The molecule has 1 aliphatic carbocycles. The molecule has 0 aromatic rings. The Hall–Kier alpha value is -0.220. The Morgan fingerprint density at radius 2 is 2.31 bits per heavy atom. The number of ether oxygens (including phenoxy) is 1. The van der Waals surface area contributed by atoms with Crippen LogP contribution in [0.2, 0.25) is 0 Å². The number of thioether (sulfide) groups is 1. The van der Waals surface area contributed by atoms with Crippen molar-refractivity contribution in [2.24, 2.45) is 10.9 Å². The maximum atomic E-state index is 5.49. The van der Waals surface area contributed by atoms with Crippen LogP contribution in [0.3, 0.4) is 0 Å². The van der Waals surface area contributed by atoms with Crippen LogP contribution >= 0.6 is 11.8 Å². The van der Waals surface area contributed by atoms with E-state index in [0.717, 1.165) is 42.6 Å². The molecule has 3 nitrogen and oxygen atoms in total. The summed E-state index contributed by atoms with van der Waals surface area (Å²) < 4.78 is 5.49. The highest BCUT2D eigenvalue weighted by atomic mass is 32.2. The maximum absolute atomic E-state index is 5.49. The summed E-state index contributed by atoms with van der Waals surface area (Å²) in [6.07, 6.45) is 5.21. The number of nitrogens with one attached hydrogen (secondary N) is 1. The standard InChI is InChI=1S/C12H22N2OS/c1-2-3-7-15-8-6-13-12-14-9-11(16-12)10-4-5-10/h10-11H,2-9H2,1H3,(H,13,14). The Morgan fingerprint density at radius 1 is 1.44 bits per heavy atom. The van der Waals surface area contributed by atoms with Crippen molar-refractivity contribution in [3.05, 3.63) is 0 Å². The van der Waals surface area contributed by atoms with Crippen molar-refractivity contribution in [2.75, 3.05) is 26.3 Å². The number of hydrogen-bond acceptors (Lipinski definition) is 4. The zero-order valence-corrected chi connectivity index (χ0v) is 10.9. The van der Waals surface area contributed by atoms with Crippen LogP contribution in [0.15, 0.2) is 4.99 Å². The molecule has 0 saturated heterocycles. The minimum Gasteiger partial charge on any atom is -0.380 e. The van der Waals surface area contributed by atoms with Crippen LogP contribution in [-0.4, -0.2) is 36.7 Å². The fourth-order valence-corrected chi connectivity index (χ4v) is 3.02. The number of aliphatic imine (C=N–C) groups is 1. The second-order valence-electron chi connectivity index (χ2n) is 4.53. The zero-order valence-electron chi connectivity index (χ0n) is 10.1. The van der Waals surface area contributed by atoms with Gasteiger partial charge in [-0.25, -0.2) is 0 Å². The summed E-state index contributed by atoms with van der Waals surface area (Å²) in [6.45, 7) is 5.79. The van der Waals surface area contributed by atoms with Crippen LogP contribution in [0.25, 0.3) is 0 Å². The summed E-state index contributed by atoms with van der Waals surface area (Å²) in [4.78, 5) is 4.53. The van der Waals surface area contributed by atoms with E-state index < -0.39 is 0 Å². The van der Waals surface area contributed by atoms with Crippen LogP contribution in [0.1, 0.15) is 32.6 Å². The van der Waals surface area contributed by atoms with E-state index in [-0.39, 0.29) is 0 Å². The summed E-state index contributed by atoms with van der Waals surface area (Å²) >= 11 is 1.93. The van der Waals surface area contributed by atoms with E-state index in [1.54, 1.807) is 0 Å². The average molecular weight is 242 g/mol. The molecule has 2 rings (SSSR count). The minimum absolute atomic E-state index is 0.767. The van der Waals surface area contributed by atoms with Gasteiger partial charge in [0.2, 0.25) is 0 Å². The molecule has 2 aliphatic rings. The Bertz CT molecular complexity index is 241. The molecule has 0 radical (unpaired) electrons. The highest BCUT2D eigenvalue weighted by Crippen LogP contribution is 2.41. The molecule has 1 aliphatic heterocycles. The summed E-state index contributed by atoms with van der Waals surface area (Å²) in [5.41, 5.74) is 0. The van der Waals surface area contributed by atoms with Gasteiger partial charge in [-0.05, 0) is 25.2 Å². The van der Waals surface area contributed by atoms with Gasteiger partial charge < -0.3 is 10.1 Å². The molecule has 0 aromatic heterocycles. The van der Waals surface area contributed by atoms with Crippen molar-refractivity contribution in [2.45, 2.75) is 37.9 Å². The van der Waals surface area contributed by atoms with Gasteiger partial charge in [-0.3, -0.25) is 4.99 Å². The quantitative estimate of drug-likeness (QED) is 0.695. The lowest BCUT2D eigenvalue weighted by Crippen LogP contribution is -2.24. The van der Waals surface area contributed by atoms with E-state index >= 15 is 0 Å². The van der Waals surface area contributed by atoms with E-state index in [1.165, 1.54) is 25.7 Å². The molecule has 1 unspecified atom stereocenters. The SMILES string of the molecule is CCCCOCCNC1=NCC(C2CC2)S1. The molecule has 1 heterocycles. The van der Waals surface area contributed by atoms with Crippen molar-refractivity contribution in [3.8, 4) is 0 Å². The van der Waals surface area contributed by atoms with E-state index in [2.05, 4.69) is 17.2 Å². The van der Waals surface area contributed by atoms with Crippen LogP contribution in [-0.2, 0) is 4.74 Å². The molecule has 1 fully saturated rings. The van der Waals surface area contributed by atoms with Gasteiger partial charge in [-0.2, -0.15) is 0 Å². The van der Waals surface area contributed by atoms with Crippen LogP contribution in [0.4, 0.5) is 0 Å². The molecule has 0 aromatic carbocycles.